The lowest BCUT2D eigenvalue weighted by Crippen LogP contribution is -2.35. The van der Waals surface area contributed by atoms with E-state index in [1.54, 1.807) is 7.11 Å². The van der Waals surface area contributed by atoms with Gasteiger partial charge in [0.25, 0.3) is 5.56 Å². The Morgan fingerprint density at radius 3 is 3.12 bits per heavy atom. The van der Waals surface area contributed by atoms with Gasteiger partial charge in [0.05, 0.1) is 18.4 Å². The highest BCUT2D eigenvalue weighted by molar-refractivity contribution is 5.84. The Morgan fingerprint density at radius 2 is 2.29 bits per heavy atom. The number of aromatic nitrogens is 3. The predicted octanol–water partition coefficient (Wildman–Crippen LogP) is 1.40. The minimum atomic E-state index is -0.136. The van der Waals surface area contributed by atoms with Crippen molar-refractivity contribution < 1.29 is 4.74 Å². The molecule has 0 radical (unpaired) electrons. The topological polar surface area (TPSA) is 100 Å². The van der Waals surface area contributed by atoms with Crippen LogP contribution in [0.4, 0.5) is 5.95 Å². The molecule has 7 nitrogen and oxygen atoms in total. The third-order valence-electron chi connectivity index (χ3n) is 4.53. The van der Waals surface area contributed by atoms with Crippen LogP contribution in [-0.2, 0) is 19.5 Å². The van der Waals surface area contributed by atoms with E-state index in [0.29, 0.717) is 12.1 Å². The van der Waals surface area contributed by atoms with E-state index in [4.69, 9.17) is 10.5 Å². The normalized spacial score (nSPS) is 14.7. The van der Waals surface area contributed by atoms with E-state index >= 15 is 0 Å². The van der Waals surface area contributed by atoms with Crippen molar-refractivity contribution in [3.05, 3.63) is 51.6 Å². The third-order valence-corrected chi connectivity index (χ3v) is 4.53. The van der Waals surface area contributed by atoms with Crippen molar-refractivity contribution in [3.63, 3.8) is 0 Å². The number of aromatic amines is 2. The van der Waals surface area contributed by atoms with Crippen LogP contribution >= 0.6 is 0 Å². The Bertz CT molecular complexity index is 959. The summed E-state index contributed by atoms with van der Waals surface area (Å²) in [5.41, 5.74) is 9.28. The van der Waals surface area contributed by atoms with Gasteiger partial charge < -0.3 is 15.5 Å². The molecule has 0 unspecified atom stereocenters. The summed E-state index contributed by atoms with van der Waals surface area (Å²) in [7, 11) is 1.67. The fraction of sp³-hybridized carbons (Fsp3) is 0.294. The number of nitrogens with zero attached hydrogens (tertiary/aromatic N) is 2. The third kappa shape index (κ3) is 2.52. The number of anilines is 1. The van der Waals surface area contributed by atoms with Crippen molar-refractivity contribution in [2.24, 2.45) is 0 Å². The highest BCUT2D eigenvalue weighted by Gasteiger charge is 2.21. The van der Waals surface area contributed by atoms with E-state index in [2.05, 4.69) is 19.9 Å². The standard InChI is InChI=1S/C17H19N5O2/c1-24-11-2-3-14-12(6-11)10(7-19-14)8-22-5-4-15-13(9-22)16(23)21-17(18)20-15/h2-3,6-7,19H,4-5,8-9H2,1H3,(H3,18,20,21,23). The first kappa shape index (κ1) is 14.8. The monoisotopic (exact) mass is 325 g/mol. The van der Waals surface area contributed by atoms with E-state index in [1.807, 2.05) is 24.4 Å². The highest BCUT2D eigenvalue weighted by Crippen LogP contribution is 2.26. The molecule has 1 aliphatic rings. The van der Waals surface area contributed by atoms with Crippen molar-refractivity contribution in [2.75, 3.05) is 19.4 Å². The molecule has 0 amide bonds. The van der Waals surface area contributed by atoms with Gasteiger partial charge in [-0.05, 0) is 23.8 Å². The average Bonchev–Trinajstić information content (AvgIpc) is 2.97. The summed E-state index contributed by atoms with van der Waals surface area (Å²) >= 11 is 0. The van der Waals surface area contributed by atoms with Gasteiger partial charge in [0.1, 0.15) is 5.75 Å². The molecule has 4 rings (SSSR count). The quantitative estimate of drug-likeness (QED) is 0.676. The van der Waals surface area contributed by atoms with Crippen LogP contribution in [0, 0.1) is 0 Å². The first-order valence-corrected chi connectivity index (χ1v) is 7.88. The average molecular weight is 325 g/mol. The van der Waals surface area contributed by atoms with E-state index in [0.717, 1.165) is 41.9 Å². The molecule has 0 bridgehead atoms. The van der Waals surface area contributed by atoms with Crippen molar-refractivity contribution >= 4 is 16.9 Å². The van der Waals surface area contributed by atoms with Crippen LogP contribution in [0.5, 0.6) is 5.75 Å². The molecule has 0 fully saturated rings. The summed E-state index contributed by atoms with van der Waals surface area (Å²) in [6, 6.07) is 5.99. The lowest BCUT2D eigenvalue weighted by molar-refractivity contribution is 0.242. The number of methoxy groups -OCH3 is 1. The van der Waals surface area contributed by atoms with Gasteiger partial charge in [0.15, 0.2) is 0 Å². The SMILES string of the molecule is COc1ccc2[nH]cc(CN3CCc4nc(N)[nH]c(=O)c4C3)c2c1. The Kier molecular flexibility index (Phi) is 3.50. The number of nitrogen functional groups attached to an aromatic ring is 1. The zero-order valence-corrected chi connectivity index (χ0v) is 13.4. The molecule has 0 atom stereocenters. The van der Waals surface area contributed by atoms with Crippen LogP contribution in [0.15, 0.2) is 29.2 Å². The number of fused-ring (bicyclic) bond motifs is 2. The molecule has 1 aromatic carbocycles. The van der Waals surface area contributed by atoms with Gasteiger partial charge in [-0.2, -0.15) is 0 Å². The molecule has 0 saturated carbocycles. The number of ether oxygens (including phenoxy) is 1. The van der Waals surface area contributed by atoms with Crippen LogP contribution in [0.2, 0.25) is 0 Å². The first-order chi connectivity index (χ1) is 11.6. The van der Waals surface area contributed by atoms with Crippen molar-refractivity contribution in [1.29, 1.82) is 0 Å². The Balaban J connectivity index is 1.61. The van der Waals surface area contributed by atoms with Crippen LogP contribution in [0.1, 0.15) is 16.8 Å². The fourth-order valence-electron chi connectivity index (χ4n) is 3.29. The summed E-state index contributed by atoms with van der Waals surface area (Å²) in [6.07, 6.45) is 2.75. The van der Waals surface area contributed by atoms with Crippen LogP contribution in [0.25, 0.3) is 10.9 Å². The predicted molar refractivity (Wildman–Crippen MR) is 91.9 cm³/mol. The molecule has 7 heteroatoms. The summed E-state index contributed by atoms with van der Waals surface area (Å²) < 4.78 is 5.32. The fourth-order valence-corrected chi connectivity index (χ4v) is 3.29. The zero-order chi connectivity index (χ0) is 16.7. The lowest BCUT2D eigenvalue weighted by atomic mass is 10.1. The summed E-state index contributed by atoms with van der Waals surface area (Å²) in [5.74, 6) is 1.03. The molecule has 0 saturated heterocycles. The van der Waals surface area contributed by atoms with Crippen molar-refractivity contribution in [3.8, 4) is 5.75 Å². The Morgan fingerprint density at radius 1 is 1.42 bits per heavy atom. The summed E-state index contributed by atoms with van der Waals surface area (Å²) in [5, 5.41) is 1.14. The number of nitrogens with one attached hydrogen (secondary N) is 2. The summed E-state index contributed by atoms with van der Waals surface area (Å²) in [6.45, 7) is 2.19. The molecule has 2 aromatic heterocycles. The van der Waals surface area contributed by atoms with Crippen LogP contribution in [-0.4, -0.2) is 33.5 Å². The number of H-pyrrole nitrogens is 2. The van der Waals surface area contributed by atoms with Crippen molar-refractivity contribution in [1.82, 2.24) is 19.9 Å². The molecule has 124 valence electrons. The molecule has 24 heavy (non-hydrogen) atoms. The second-order valence-electron chi connectivity index (χ2n) is 6.06. The number of benzene rings is 1. The smallest absolute Gasteiger partial charge is 0.257 e. The molecular weight excluding hydrogens is 306 g/mol. The van der Waals surface area contributed by atoms with E-state index in [9.17, 15) is 4.79 Å². The second-order valence-corrected chi connectivity index (χ2v) is 6.06. The number of nitrogens with two attached hydrogens (primary N) is 1. The molecule has 1 aliphatic heterocycles. The molecule has 3 heterocycles. The highest BCUT2D eigenvalue weighted by atomic mass is 16.5. The first-order valence-electron chi connectivity index (χ1n) is 7.88. The largest absolute Gasteiger partial charge is 0.497 e. The van der Waals surface area contributed by atoms with Gasteiger partial charge in [-0.15, -0.1) is 0 Å². The Labute approximate surface area is 138 Å². The number of rotatable bonds is 3. The summed E-state index contributed by atoms with van der Waals surface area (Å²) in [4.78, 5) is 24.5. The van der Waals surface area contributed by atoms with Gasteiger partial charge in [0.2, 0.25) is 5.95 Å². The molecule has 4 N–H and O–H groups in total. The number of hydrogen-bond acceptors (Lipinski definition) is 5. The van der Waals surface area contributed by atoms with Gasteiger partial charge in [-0.25, -0.2) is 4.98 Å². The molecule has 0 spiro atoms. The second kappa shape index (κ2) is 5.68. The molecule has 0 aliphatic carbocycles. The lowest BCUT2D eigenvalue weighted by Gasteiger charge is -2.27. The van der Waals surface area contributed by atoms with Gasteiger partial charge in [-0.1, -0.05) is 0 Å². The maximum Gasteiger partial charge on any atom is 0.257 e. The molecular formula is C17H19N5O2. The van der Waals surface area contributed by atoms with Gasteiger partial charge >= 0.3 is 0 Å². The van der Waals surface area contributed by atoms with Gasteiger partial charge in [0, 0.05) is 43.2 Å². The minimum absolute atomic E-state index is 0.136. The zero-order valence-electron chi connectivity index (χ0n) is 13.4. The van der Waals surface area contributed by atoms with Crippen LogP contribution in [0.3, 0.4) is 0 Å². The number of hydrogen-bond donors (Lipinski definition) is 3. The maximum atomic E-state index is 12.1. The van der Waals surface area contributed by atoms with E-state index in [-0.39, 0.29) is 11.5 Å². The van der Waals surface area contributed by atoms with Crippen LogP contribution < -0.4 is 16.0 Å². The Hall–Kier alpha value is -2.80. The minimum Gasteiger partial charge on any atom is -0.497 e. The van der Waals surface area contributed by atoms with E-state index < -0.39 is 0 Å². The maximum absolute atomic E-state index is 12.1. The van der Waals surface area contributed by atoms with Crippen molar-refractivity contribution in [2.45, 2.75) is 19.5 Å². The van der Waals surface area contributed by atoms with E-state index in [1.165, 1.54) is 5.56 Å². The van der Waals surface area contributed by atoms with Gasteiger partial charge in [-0.3, -0.25) is 14.7 Å². The molecule has 3 aromatic rings.